The Labute approximate surface area is 145 Å². The summed E-state index contributed by atoms with van der Waals surface area (Å²) in [5, 5.41) is 11.2. The average molecular weight is 346 g/mol. The summed E-state index contributed by atoms with van der Waals surface area (Å²) in [7, 11) is 0. The van der Waals surface area contributed by atoms with Gasteiger partial charge >= 0.3 is 0 Å². The number of ether oxygens (including phenoxy) is 1. The molecule has 1 N–H and O–H groups in total. The summed E-state index contributed by atoms with van der Waals surface area (Å²) < 4.78 is 6.91. The summed E-state index contributed by atoms with van der Waals surface area (Å²) in [5.74, 6) is 1.38. The Morgan fingerprint density at radius 1 is 1.44 bits per heavy atom. The fourth-order valence-electron chi connectivity index (χ4n) is 2.62. The zero-order chi connectivity index (χ0) is 18.0. The molecule has 2 aromatic heterocycles. The molecule has 2 aromatic rings. The quantitative estimate of drug-likeness (QED) is 0.858. The fraction of sp³-hybridized carbons (Fsp3) is 0.562. The van der Waals surface area contributed by atoms with Gasteiger partial charge in [0.25, 0.3) is 5.56 Å². The van der Waals surface area contributed by atoms with Crippen molar-refractivity contribution in [1.29, 1.82) is 0 Å². The van der Waals surface area contributed by atoms with E-state index in [0.29, 0.717) is 31.2 Å². The highest BCUT2D eigenvalue weighted by Gasteiger charge is 2.28. The first-order valence-corrected chi connectivity index (χ1v) is 8.30. The molecule has 0 saturated carbocycles. The monoisotopic (exact) mass is 346 g/mol. The van der Waals surface area contributed by atoms with Crippen molar-refractivity contribution in [1.82, 2.24) is 29.9 Å². The maximum atomic E-state index is 12.5. The summed E-state index contributed by atoms with van der Waals surface area (Å²) in [5.41, 5.74) is 0.399. The number of carbonyl (C=O) groups excluding carboxylic acids is 1. The van der Waals surface area contributed by atoms with E-state index in [1.807, 2.05) is 13.8 Å². The summed E-state index contributed by atoms with van der Waals surface area (Å²) in [6.45, 7) is 6.97. The lowest BCUT2D eigenvalue weighted by atomic mass is 10.2. The van der Waals surface area contributed by atoms with Crippen LogP contribution in [-0.4, -0.2) is 55.5 Å². The topological polar surface area (TPSA) is 106 Å². The van der Waals surface area contributed by atoms with E-state index in [9.17, 15) is 9.59 Å². The van der Waals surface area contributed by atoms with Crippen molar-refractivity contribution in [2.24, 2.45) is 0 Å². The average Bonchev–Trinajstić information content (AvgIpc) is 3.09. The molecule has 1 aliphatic heterocycles. The van der Waals surface area contributed by atoms with Crippen molar-refractivity contribution in [3.05, 3.63) is 39.8 Å². The Morgan fingerprint density at radius 2 is 2.24 bits per heavy atom. The molecule has 9 heteroatoms. The zero-order valence-corrected chi connectivity index (χ0v) is 14.6. The second kappa shape index (κ2) is 7.14. The van der Waals surface area contributed by atoms with Gasteiger partial charge in [0.15, 0.2) is 11.6 Å². The zero-order valence-electron chi connectivity index (χ0n) is 14.6. The Balaban J connectivity index is 1.69. The molecule has 0 aromatic carbocycles. The third-order valence-electron chi connectivity index (χ3n) is 4.05. The van der Waals surface area contributed by atoms with Gasteiger partial charge in [0.05, 0.1) is 18.8 Å². The van der Waals surface area contributed by atoms with Crippen LogP contribution in [0.2, 0.25) is 0 Å². The van der Waals surface area contributed by atoms with E-state index < -0.39 is 0 Å². The van der Waals surface area contributed by atoms with E-state index in [-0.39, 0.29) is 30.0 Å². The number of aromatic nitrogens is 5. The fourth-order valence-corrected chi connectivity index (χ4v) is 2.62. The largest absolute Gasteiger partial charge is 0.367 e. The van der Waals surface area contributed by atoms with E-state index in [1.54, 1.807) is 17.9 Å². The summed E-state index contributed by atoms with van der Waals surface area (Å²) in [6.07, 6.45) is -0.347. The van der Waals surface area contributed by atoms with Gasteiger partial charge in [0, 0.05) is 18.5 Å². The third kappa shape index (κ3) is 3.93. The number of rotatable bonds is 4. The van der Waals surface area contributed by atoms with E-state index >= 15 is 0 Å². The molecule has 1 aliphatic rings. The summed E-state index contributed by atoms with van der Waals surface area (Å²) >= 11 is 0. The first-order chi connectivity index (χ1) is 11.9. The molecule has 0 spiro atoms. The molecule has 0 radical (unpaired) electrons. The number of carbonyl (C=O) groups is 1. The lowest BCUT2D eigenvalue weighted by Gasteiger charge is -2.31. The van der Waals surface area contributed by atoms with E-state index in [1.165, 1.54) is 10.7 Å². The molecular formula is C16H22N6O3. The van der Waals surface area contributed by atoms with Gasteiger partial charge in [0.2, 0.25) is 5.91 Å². The Kier molecular flexibility index (Phi) is 4.93. The van der Waals surface area contributed by atoms with Gasteiger partial charge in [-0.2, -0.15) is 10.2 Å². The number of nitrogens with zero attached hydrogens (tertiary/aromatic N) is 5. The van der Waals surface area contributed by atoms with Crippen LogP contribution in [0.25, 0.3) is 0 Å². The predicted octanol–water partition coefficient (Wildman–Crippen LogP) is 0.393. The van der Waals surface area contributed by atoms with E-state index in [0.717, 1.165) is 5.82 Å². The van der Waals surface area contributed by atoms with Crippen LogP contribution in [0.5, 0.6) is 0 Å². The van der Waals surface area contributed by atoms with Gasteiger partial charge in [-0.1, -0.05) is 13.8 Å². The Hall–Kier alpha value is -2.55. The van der Waals surface area contributed by atoms with Crippen molar-refractivity contribution in [2.45, 2.75) is 39.3 Å². The van der Waals surface area contributed by atoms with Crippen molar-refractivity contribution in [3.8, 4) is 0 Å². The summed E-state index contributed by atoms with van der Waals surface area (Å²) in [6, 6.07) is 3.05. The van der Waals surface area contributed by atoms with Crippen LogP contribution in [0.1, 0.15) is 43.2 Å². The van der Waals surface area contributed by atoms with E-state index in [4.69, 9.17) is 4.74 Å². The van der Waals surface area contributed by atoms with Crippen molar-refractivity contribution in [2.75, 3.05) is 19.7 Å². The molecule has 0 bridgehead atoms. The normalized spacial score (nSPS) is 17.9. The molecule has 25 heavy (non-hydrogen) atoms. The molecule has 0 aliphatic carbocycles. The highest BCUT2D eigenvalue weighted by molar-refractivity contribution is 5.76. The number of hydrogen-bond acceptors (Lipinski definition) is 6. The second-order valence-corrected chi connectivity index (χ2v) is 6.40. The van der Waals surface area contributed by atoms with Crippen molar-refractivity contribution in [3.63, 3.8) is 0 Å². The molecule has 1 amide bonds. The molecule has 3 rings (SSSR count). The molecule has 3 heterocycles. The SMILES string of the molecule is Cc1ccc(=O)n(CC(=O)N2CCOC(c3nc(C(C)C)n[nH]3)C2)n1. The van der Waals surface area contributed by atoms with Crippen molar-refractivity contribution >= 4 is 5.91 Å². The number of H-pyrrole nitrogens is 1. The Bertz CT molecular complexity index is 812. The molecule has 1 saturated heterocycles. The number of aryl methyl sites for hydroxylation is 1. The number of amides is 1. The number of nitrogens with one attached hydrogen (secondary N) is 1. The maximum Gasteiger partial charge on any atom is 0.267 e. The lowest BCUT2D eigenvalue weighted by molar-refractivity contribution is -0.140. The number of aromatic amines is 1. The van der Waals surface area contributed by atoms with Crippen LogP contribution < -0.4 is 5.56 Å². The second-order valence-electron chi connectivity index (χ2n) is 6.40. The van der Waals surface area contributed by atoms with Crippen LogP contribution in [0.15, 0.2) is 16.9 Å². The van der Waals surface area contributed by atoms with Gasteiger partial charge in [-0.3, -0.25) is 14.7 Å². The highest BCUT2D eigenvalue weighted by atomic mass is 16.5. The van der Waals surface area contributed by atoms with E-state index in [2.05, 4.69) is 20.3 Å². The molecule has 1 fully saturated rings. The molecular weight excluding hydrogens is 324 g/mol. The lowest BCUT2D eigenvalue weighted by Crippen LogP contribution is -2.45. The first-order valence-electron chi connectivity index (χ1n) is 8.30. The van der Waals surface area contributed by atoms with Crippen LogP contribution in [0.3, 0.4) is 0 Å². The van der Waals surface area contributed by atoms with Gasteiger partial charge in [0.1, 0.15) is 12.6 Å². The van der Waals surface area contributed by atoms with Crippen molar-refractivity contribution < 1.29 is 9.53 Å². The Morgan fingerprint density at radius 3 is 2.96 bits per heavy atom. The molecule has 1 atom stereocenters. The first kappa shape index (κ1) is 17.3. The van der Waals surface area contributed by atoms with Gasteiger partial charge in [-0.15, -0.1) is 0 Å². The number of hydrogen-bond donors (Lipinski definition) is 1. The van der Waals surface area contributed by atoms with Gasteiger partial charge in [-0.05, 0) is 13.0 Å². The van der Waals surface area contributed by atoms with Gasteiger partial charge in [-0.25, -0.2) is 9.67 Å². The van der Waals surface area contributed by atoms with Crippen LogP contribution in [-0.2, 0) is 16.1 Å². The smallest absolute Gasteiger partial charge is 0.267 e. The molecule has 1 unspecified atom stereocenters. The minimum Gasteiger partial charge on any atom is -0.367 e. The molecule has 134 valence electrons. The highest BCUT2D eigenvalue weighted by Crippen LogP contribution is 2.20. The van der Waals surface area contributed by atoms with Crippen LogP contribution >= 0.6 is 0 Å². The number of morpholine rings is 1. The minimum atomic E-state index is -0.347. The van der Waals surface area contributed by atoms with Crippen LogP contribution in [0.4, 0.5) is 0 Å². The molecule has 9 nitrogen and oxygen atoms in total. The third-order valence-corrected chi connectivity index (χ3v) is 4.05. The summed E-state index contributed by atoms with van der Waals surface area (Å²) in [4.78, 5) is 30.5. The maximum absolute atomic E-state index is 12.5. The standard InChI is InChI=1S/C16H22N6O3/c1-10(2)15-17-16(19-18-15)12-8-21(6-7-25-12)14(24)9-22-13(23)5-4-11(3)20-22/h4-5,10,12H,6-9H2,1-3H3,(H,17,18,19). The van der Waals surface area contributed by atoms with Crippen LogP contribution in [0, 0.1) is 6.92 Å². The minimum absolute atomic E-state index is 0.0825. The van der Waals surface area contributed by atoms with Gasteiger partial charge < -0.3 is 9.64 Å². The predicted molar refractivity (Wildman–Crippen MR) is 89.0 cm³/mol.